The van der Waals surface area contributed by atoms with Crippen LogP contribution >= 0.6 is 0 Å². The summed E-state index contributed by atoms with van der Waals surface area (Å²) in [6.07, 6.45) is 15.4. The van der Waals surface area contributed by atoms with Gasteiger partial charge in [-0.1, -0.05) is 75.8 Å². The zero-order valence-corrected chi connectivity index (χ0v) is 25.1. The second-order valence-corrected chi connectivity index (χ2v) is 13.1. The number of ketones is 1. The summed E-state index contributed by atoms with van der Waals surface area (Å²) in [4.78, 5) is 25.2. The molecule has 222 valence electrons. The molecule has 1 saturated heterocycles. The largest absolute Gasteiger partial charge is 0.507 e. The predicted octanol–water partition coefficient (Wildman–Crippen LogP) is 7.54. The maximum absolute atomic E-state index is 13.1. The minimum Gasteiger partial charge on any atom is -0.507 e. The van der Waals surface area contributed by atoms with Crippen LogP contribution in [0.5, 0.6) is 17.2 Å². The van der Waals surface area contributed by atoms with Crippen LogP contribution in [0.25, 0.3) is 12.2 Å². The van der Waals surface area contributed by atoms with Crippen LogP contribution in [0.15, 0.2) is 60.2 Å². The zero-order chi connectivity index (χ0) is 30.1. The van der Waals surface area contributed by atoms with Gasteiger partial charge in [0.15, 0.2) is 5.78 Å². The monoisotopic (exact) mass is 570 g/mol. The molecular weight excluding hydrogens is 528 g/mol. The second-order valence-electron chi connectivity index (χ2n) is 13.1. The summed E-state index contributed by atoms with van der Waals surface area (Å²) in [5.74, 6) is -0.154. The number of hydrogen-bond donors (Lipinski definition) is 2. The molecule has 1 aliphatic heterocycles. The number of rotatable bonds is 9. The molecule has 6 nitrogen and oxygen atoms in total. The fourth-order valence-electron chi connectivity index (χ4n) is 8.01. The summed E-state index contributed by atoms with van der Waals surface area (Å²) in [7, 11) is 1.37. The first-order chi connectivity index (χ1) is 20.0. The van der Waals surface area contributed by atoms with Gasteiger partial charge in [0, 0.05) is 11.6 Å². The van der Waals surface area contributed by atoms with Gasteiger partial charge in [-0.25, -0.2) is 0 Å². The van der Waals surface area contributed by atoms with Crippen molar-refractivity contribution in [1.29, 1.82) is 0 Å². The van der Waals surface area contributed by atoms with E-state index in [1.54, 1.807) is 12.2 Å². The number of aldehydes is 1. The molecule has 5 rings (SSSR count). The van der Waals surface area contributed by atoms with Crippen molar-refractivity contribution in [3.8, 4) is 17.2 Å². The van der Waals surface area contributed by atoms with E-state index in [0.29, 0.717) is 17.4 Å². The lowest BCUT2D eigenvalue weighted by atomic mass is 9.46. The molecule has 2 N–H and O–H groups in total. The minimum absolute atomic E-state index is 0.0423. The number of carbonyl (C=O) groups excluding carboxylic acids is 2. The number of phenols is 2. The van der Waals surface area contributed by atoms with Crippen LogP contribution in [0.2, 0.25) is 0 Å². The molecule has 0 aromatic heterocycles. The Morgan fingerprint density at radius 2 is 1.81 bits per heavy atom. The first-order valence-electron chi connectivity index (χ1n) is 14.9. The molecule has 6 heteroatoms. The first-order valence-corrected chi connectivity index (χ1v) is 14.9. The van der Waals surface area contributed by atoms with Crippen molar-refractivity contribution in [3.05, 3.63) is 76.9 Å². The normalized spacial score (nSPS) is 28.6. The number of ether oxygens (including phenoxy) is 2. The standard InChI is InChI=1S/C36H42O6/c1-34(2)18-8-19-35(3)30(34)17-20-36(23-42-36)31(35)16-13-25(22-37)11-14-26-28(39)21-29(41-4)32(33(26)40)27(38)15-12-24-9-6-5-7-10-24/h5-7,9-15,21-22,30-31,39-40H,8,16-20,23H2,1-4H3/b14-11+,15-12+,25-13-/t30-,31+,35-,36-/m0/s1. The number of phenolic OH excluding ortho intramolecular Hbond substituents is 2. The van der Waals surface area contributed by atoms with E-state index in [1.165, 1.54) is 51.0 Å². The Kier molecular flexibility index (Phi) is 8.21. The van der Waals surface area contributed by atoms with Crippen molar-refractivity contribution < 1.29 is 29.3 Å². The van der Waals surface area contributed by atoms with Gasteiger partial charge in [-0.3, -0.25) is 9.59 Å². The number of aromatic hydroxyl groups is 2. The van der Waals surface area contributed by atoms with Gasteiger partial charge < -0.3 is 19.7 Å². The summed E-state index contributed by atoms with van der Waals surface area (Å²) in [5, 5.41) is 21.8. The van der Waals surface area contributed by atoms with Gasteiger partial charge in [0.1, 0.15) is 29.1 Å². The van der Waals surface area contributed by atoms with Gasteiger partial charge in [-0.15, -0.1) is 0 Å². The van der Waals surface area contributed by atoms with E-state index in [9.17, 15) is 19.8 Å². The molecule has 2 saturated carbocycles. The molecule has 42 heavy (non-hydrogen) atoms. The zero-order valence-electron chi connectivity index (χ0n) is 25.1. The number of epoxide rings is 1. The third-order valence-corrected chi connectivity index (χ3v) is 10.2. The molecule has 3 aliphatic rings. The summed E-state index contributed by atoms with van der Waals surface area (Å²) in [6, 6.07) is 10.6. The van der Waals surface area contributed by atoms with Crippen LogP contribution in [-0.2, 0) is 9.53 Å². The summed E-state index contributed by atoms with van der Waals surface area (Å²) >= 11 is 0. The van der Waals surface area contributed by atoms with E-state index in [2.05, 4.69) is 20.8 Å². The number of benzene rings is 2. The van der Waals surface area contributed by atoms with Crippen LogP contribution < -0.4 is 4.74 Å². The Morgan fingerprint density at radius 3 is 2.48 bits per heavy atom. The van der Waals surface area contributed by atoms with Gasteiger partial charge in [0.2, 0.25) is 0 Å². The Morgan fingerprint density at radius 1 is 1.07 bits per heavy atom. The van der Waals surface area contributed by atoms with Crippen molar-refractivity contribution in [2.45, 2.75) is 64.9 Å². The molecular formula is C36H42O6. The first kappa shape index (κ1) is 29.8. The highest BCUT2D eigenvalue weighted by atomic mass is 16.6. The molecule has 2 aliphatic carbocycles. The second kappa shape index (κ2) is 11.6. The minimum atomic E-state index is -0.473. The molecule has 0 radical (unpaired) electrons. The Hall–Kier alpha value is -3.64. The molecule has 4 atom stereocenters. The van der Waals surface area contributed by atoms with Crippen LogP contribution in [-0.4, -0.2) is 41.6 Å². The van der Waals surface area contributed by atoms with E-state index < -0.39 is 11.5 Å². The van der Waals surface area contributed by atoms with Gasteiger partial charge in [-0.05, 0) is 72.5 Å². The average molecular weight is 571 g/mol. The molecule has 0 bridgehead atoms. The Labute approximate surface area is 248 Å². The number of carbonyl (C=O) groups is 2. The molecule has 1 heterocycles. The average Bonchev–Trinajstić information content (AvgIpc) is 3.73. The van der Waals surface area contributed by atoms with E-state index in [4.69, 9.17) is 9.47 Å². The number of fused-ring (bicyclic) bond motifs is 1. The van der Waals surface area contributed by atoms with Crippen LogP contribution in [0.1, 0.15) is 80.8 Å². The molecule has 3 fully saturated rings. The van der Waals surface area contributed by atoms with Gasteiger partial charge in [-0.2, -0.15) is 0 Å². The SMILES string of the molecule is COc1cc(O)c(/C=C/C(C=O)=C/C[C@H]2[C@]3(CC[C@H]4C(C)(C)CCC[C@@]42C)CO3)c(O)c1C(=O)/C=C/c1ccccc1. The molecule has 1 spiro atoms. The van der Waals surface area contributed by atoms with Crippen molar-refractivity contribution in [3.63, 3.8) is 0 Å². The summed E-state index contributed by atoms with van der Waals surface area (Å²) in [5.41, 5.74) is 1.58. The van der Waals surface area contributed by atoms with Crippen LogP contribution in [0.4, 0.5) is 0 Å². The quantitative estimate of drug-likeness (QED) is 0.106. The summed E-state index contributed by atoms with van der Waals surface area (Å²) in [6.45, 7) is 8.01. The summed E-state index contributed by atoms with van der Waals surface area (Å²) < 4.78 is 11.4. The van der Waals surface area contributed by atoms with E-state index >= 15 is 0 Å². The number of hydrogen-bond acceptors (Lipinski definition) is 6. The highest BCUT2D eigenvalue weighted by Gasteiger charge is 2.64. The van der Waals surface area contributed by atoms with Crippen molar-refractivity contribution in [2.24, 2.45) is 22.7 Å². The maximum atomic E-state index is 13.1. The number of allylic oxidation sites excluding steroid dienone is 4. The smallest absolute Gasteiger partial charge is 0.193 e. The van der Waals surface area contributed by atoms with Crippen LogP contribution in [0, 0.1) is 22.7 Å². The predicted molar refractivity (Wildman–Crippen MR) is 165 cm³/mol. The Bertz CT molecular complexity index is 1430. The van der Waals surface area contributed by atoms with Gasteiger partial charge in [0.25, 0.3) is 0 Å². The highest BCUT2D eigenvalue weighted by Crippen LogP contribution is 2.66. The fourth-order valence-corrected chi connectivity index (χ4v) is 8.01. The lowest BCUT2D eigenvalue weighted by Crippen LogP contribution is -2.54. The van der Waals surface area contributed by atoms with Crippen molar-refractivity contribution in [2.75, 3.05) is 13.7 Å². The molecule has 2 aromatic rings. The van der Waals surface area contributed by atoms with E-state index in [0.717, 1.165) is 31.3 Å². The third-order valence-electron chi connectivity index (χ3n) is 10.2. The van der Waals surface area contributed by atoms with Crippen LogP contribution in [0.3, 0.4) is 0 Å². The fraction of sp³-hybridized carbons (Fsp3) is 0.444. The maximum Gasteiger partial charge on any atom is 0.193 e. The van der Waals surface area contributed by atoms with Gasteiger partial charge >= 0.3 is 0 Å². The topological polar surface area (TPSA) is 96.4 Å². The van der Waals surface area contributed by atoms with Crippen molar-refractivity contribution >= 4 is 24.2 Å². The van der Waals surface area contributed by atoms with E-state index in [1.807, 2.05) is 36.4 Å². The van der Waals surface area contributed by atoms with Gasteiger partial charge in [0.05, 0.1) is 24.9 Å². The molecule has 2 aromatic carbocycles. The molecule has 0 unspecified atom stereocenters. The Balaban J connectivity index is 1.41. The lowest BCUT2D eigenvalue weighted by molar-refractivity contribution is -0.106. The number of methoxy groups -OCH3 is 1. The van der Waals surface area contributed by atoms with E-state index in [-0.39, 0.29) is 39.1 Å². The lowest BCUT2D eigenvalue weighted by Gasteiger charge is -2.59. The van der Waals surface area contributed by atoms with Crippen molar-refractivity contribution in [1.82, 2.24) is 0 Å². The highest BCUT2D eigenvalue weighted by molar-refractivity contribution is 6.11. The molecule has 0 amide bonds. The third kappa shape index (κ3) is 5.57.